The Bertz CT molecular complexity index is 554. The molecule has 0 bridgehead atoms. The summed E-state index contributed by atoms with van der Waals surface area (Å²) >= 11 is 0. The molecule has 1 aliphatic rings. The summed E-state index contributed by atoms with van der Waals surface area (Å²) in [5, 5.41) is 13.4. The molecule has 0 atom stereocenters. The van der Waals surface area contributed by atoms with E-state index in [1.54, 1.807) is 24.3 Å². The van der Waals surface area contributed by atoms with Gasteiger partial charge in [-0.1, -0.05) is 18.5 Å². The molecule has 0 unspecified atom stereocenters. The molecule has 20 heavy (non-hydrogen) atoms. The second kappa shape index (κ2) is 5.65. The monoisotopic (exact) mass is 272 g/mol. The van der Waals surface area contributed by atoms with Crippen LogP contribution in [-0.4, -0.2) is 15.2 Å². The lowest BCUT2D eigenvalue weighted by atomic mass is 9.80. The first-order valence-electron chi connectivity index (χ1n) is 7.39. The molecule has 2 aromatic rings. The largest absolute Gasteiger partial charge is 0.508 e. The summed E-state index contributed by atoms with van der Waals surface area (Å²) in [4.78, 5) is 4.53. The summed E-state index contributed by atoms with van der Waals surface area (Å²) in [5.41, 5.74) is 0.851. The molecule has 3 rings (SSSR count). The first-order valence-corrected chi connectivity index (χ1v) is 7.39. The molecule has 1 aromatic carbocycles. The second-order valence-corrected chi connectivity index (χ2v) is 5.63. The molecule has 1 saturated carbocycles. The third-order valence-electron chi connectivity index (χ3n) is 4.35. The second-order valence-electron chi connectivity index (χ2n) is 5.63. The highest BCUT2D eigenvalue weighted by atomic mass is 16.5. The van der Waals surface area contributed by atoms with Crippen LogP contribution in [0.15, 0.2) is 28.8 Å². The van der Waals surface area contributed by atoms with E-state index in [-0.39, 0.29) is 5.75 Å². The van der Waals surface area contributed by atoms with Crippen LogP contribution in [0.4, 0.5) is 0 Å². The number of hydrogen-bond donors (Lipinski definition) is 1. The summed E-state index contributed by atoms with van der Waals surface area (Å²) in [7, 11) is 0. The van der Waals surface area contributed by atoms with Crippen molar-refractivity contribution in [2.45, 2.75) is 44.9 Å². The van der Waals surface area contributed by atoms with E-state index in [1.165, 1.54) is 19.3 Å². The Balaban J connectivity index is 1.72. The minimum Gasteiger partial charge on any atom is -0.508 e. The SMILES string of the molecule is CCC1CCC(c2noc(-c3ccc(O)cc3)n2)CC1. The lowest BCUT2D eigenvalue weighted by Crippen LogP contribution is -2.13. The Morgan fingerprint density at radius 3 is 2.50 bits per heavy atom. The van der Waals surface area contributed by atoms with Crippen molar-refractivity contribution in [3.8, 4) is 17.2 Å². The van der Waals surface area contributed by atoms with Crippen LogP contribution >= 0.6 is 0 Å². The summed E-state index contributed by atoms with van der Waals surface area (Å²) in [6.07, 6.45) is 6.13. The predicted octanol–water partition coefficient (Wildman–Crippen LogP) is 4.13. The minimum atomic E-state index is 0.242. The topological polar surface area (TPSA) is 59.2 Å². The van der Waals surface area contributed by atoms with Crippen LogP contribution in [0.3, 0.4) is 0 Å². The third kappa shape index (κ3) is 2.69. The molecule has 0 aliphatic heterocycles. The van der Waals surface area contributed by atoms with E-state index in [9.17, 15) is 5.11 Å². The maximum Gasteiger partial charge on any atom is 0.257 e. The van der Waals surface area contributed by atoms with E-state index >= 15 is 0 Å². The van der Waals surface area contributed by atoms with Gasteiger partial charge in [-0.15, -0.1) is 0 Å². The molecule has 1 fully saturated rings. The summed E-state index contributed by atoms with van der Waals surface area (Å²) in [6, 6.07) is 6.85. The number of aromatic nitrogens is 2. The number of rotatable bonds is 3. The Kier molecular flexibility index (Phi) is 3.72. The van der Waals surface area contributed by atoms with Crippen LogP contribution < -0.4 is 0 Å². The average molecular weight is 272 g/mol. The number of benzene rings is 1. The van der Waals surface area contributed by atoms with Gasteiger partial charge in [-0.3, -0.25) is 0 Å². The van der Waals surface area contributed by atoms with Crippen molar-refractivity contribution in [3.63, 3.8) is 0 Å². The highest BCUT2D eigenvalue weighted by molar-refractivity contribution is 5.54. The van der Waals surface area contributed by atoms with E-state index in [0.717, 1.165) is 30.1 Å². The quantitative estimate of drug-likeness (QED) is 0.912. The maximum atomic E-state index is 9.29. The highest BCUT2D eigenvalue weighted by Crippen LogP contribution is 2.36. The van der Waals surface area contributed by atoms with Crippen LogP contribution in [-0.2, 0) is 0 Å². The van der Waals surface area contributed by atoms with Crippen LogP contribution in [0.25, 0.3) is 11.5 Å². The van der Waals surface area contributed by atoms with E-state index in [0.29, 0.717) is 11.8 Å². The lowest BCUT2D eigenvalue weighted by molar-refractivity contribution is 0.305. The van der Waals surface area contributed by atoms with Crippen LogP contribution in [0.1, 0.15) is 50.8 Å². The van der Waals surface area contributed by atoms with Crippen LogP contribution in [0, 0.1) is 5.92 Å². The van der Waals surface area contributed by atoms with Gasteiger partial charge in [0, 0.05) is 11.5 Å². The van der Waals surface area contributed by atoms with Crippen molar-refractivity contribution in [2.24, 2.45) is 5.92 Å². The van der Waals surface area contributed by atoms with Gasteiger partial charge in [-0.05, 0) is 55.9 Å². The van der Waals surface area contributed by atoms with Crippen molar-refractivity contribution >= 4 is 0 Å². The van der Waals surface area contributed by atoms with Gasteiger partial charge in [0.2, 0.25) is 0 Å². The zero-order chi connectivity index (χ0) is 13.9. The lowest BCUT2D eigenvalue weighted by Gasteiger charge is -2.25. The third-order valence-corrected chi connectivity index (χ3v) is 4.35. The first-order chi connectivity index (χ1) is 9.76. The first kappa shape index (κ1) is 13.2. The van der Waals surface area contributed by atoms with E-state index < -0.39 is 0 Å². The van der Waals surface area contributed by atoms with Gasteiger partial charge in [0.1, 0.15) is 5.75 Å². The normalized spacial score (nSPS) is 22.9. The van der Waals surface area contributed by atoms with Gasteiger partial charge in [0.15, 0.2) is 5.82 Å². The fraction of sp³-hybridized carbons (Fsp3) is 0.500. The molecule has 1 N–H and O–H groups in total. The van der Waals surface area contributed by atoms with Gasteiger partial charge in [-0.2, -0.15) is 4.98 Å². The van der Waals surface area contributed by atoms with Gasteiger partial charge in [0.05, 0.1) is 0 Å². The summed E-state index contributed by atoms with van der Waals surface area (Å²) in [5.74, 6) is 2.92. The fourth-order valence-corrected chi connectivity index (χ4v) is 2.95. The van der Waals surface area contributed by atoms with Gasteiger partial charge in [0.25, 0.3) is 5.89 Å². The molecule has 4 nitrogen and oxygen atoms in total. The number of phenols is 1. The van der Waals surface area contributed by atoms with Gasteiger partial charge >= 0.3 is 0 Å². The minimum absolute atomic E-state index is 0.242. The molecule has 4 heteroatoms. The van der Waals surface area contributed by atoms with Crippen molar-refractivity contribution in [3.05, 3.63) is 30.1 Å². The summed E-state index contributed by atoms with van der Waals surface area (Å²) in [6.45, 7) is 2.27. The predicted molar refractivity (Wildman–Crippen MR) is 76.4 cm³/mol. The molecule has 0 radical (unpaired) electrons. The van der Waals surface area contributed by atoms with Crippen molar-refractivity contribution in [2.75, 3.05) is 0 Å². The maximum absolute atomic E-state index is 9.29. The Labute approximate surface area is 118 Å². The van der Waals surface area contributed by atoms with Crippen molar-refractivity contribution in [1.29, 1.82) is 0 Å². The van der Waals surface area contributed by atoms with E-state index in [2.05, 4.69) is 17.1 Å². The number of nitrogens with zero attached hydrogens (tertiary/aromatic N) is 2. The Morgan fingerprint density at radius 1 is 1.15 bits per heavy atom. The van der Waals surface area contributed by atoms with E-state index in [1.807, 2.05) is 0 Å². The molecular weight excluding hydrogens is 252 g/mol. The molecule has 0 saturated heterocycles. The molecule has 0 amide bonds. The number of hydrogen-bond acceptors (Lipinski definition) is 4. The zero-order valence-electron chi connectivity index (χ0n) is 11.7. The highest BCUT2D eigenvalue weighted by Gasteiger charge is 2.25. The molecule has 1 heterocycles. The molecular formula is C16H20N2O2. The summed E-state index contributed by atoms with van der Waals surface area (Å²) < 4.78 is 5.35. The molecule has 106 valence electrons. The van der Waals surface area contributed by atoms with Crippen LogP contribution in [0.5, 0.6) is 5.75 Å². The Hall–Kier alpha value is -1.84. The van der Waals surface area contributed by atoms with Crippen molar-refractivity contribution in [1.82, 2.24) is 10.1 Å². The average Bonchev–Trinajstić information content (AvgIpc) is 2.98. The smallest absolute Gasteiger partial charge is 0.257 e. The molecule has 0 spiro atoms. The van der Waals surface area contributed by atoms with Crippen molar-refractivity contribution < 1.29 is 9.63 Å². The fourth-order valence-electron chi connectivity index (χ4n) is 2.95. The molecule has 1 aromatic heterocycles. The van der Waals surface area contributed by atoms with Gasteiger partial charge in [-0.25, -0.2) is 0 Å². The standard InChI is InChI=1S/C16H20N2O2/c1-2-11-3-5-12(6-4-11)15-17-16(20-18-15)13-7-9-14(19)10-8-13/h7-12,19H,2-6H2,1H3. The number of phenolic OH excluding ortho intramolecular Hbond substituents is 1. The van der Waals surface area contributed by atoms with Crippen LogP contribution in [0.2, 0.25) is 0 Å². The van der Waals surface area contributed by atoms with Gasteiger partial charge < -0.3 is 9.63 Å². The molecule has 1 aliphatic carbocycles. The Morgan fingerprint density at radius 2 is 1.85 bits per heavy atom. The number of aromatic hydroxyl groups is 1. The van der Waals surface area contributed by atoms with E-state index in [4.69, 9.17) is 4.52 Å². The zero-order valence-corrected chi connectivity index (χ0v) is 11.7.